The number of esters is 1. The molecule has 0 atom stereocenters. The molecule has 0 amide bonds. The Morgan fingerprint density at radius 3 is 2.86 bits per heavy atom. The summed E-state index contributed by atoms with van der Waals surface area (Å²) >= 11 is 0. The Balaban J connectivity index is 1.82. The number of hydrogen-bond donors (Lipinski definition) is 0. The number of ether oxygens (including phenoxy) is 1. The van der Waals surface area contributed by atoms with E-state index in [1.165, 1.54) is 7.11 Å². The first-order valence-corrected chi connectivity index (χ1v) is 7.64. The van der Waals surface area contributed by atoms with Crippen LogP contribution in [0.15, 0.2) is 18.2 Å². The number of hydrogen-bond acceptors (Lipinski definition) is 5. The number of aromatic nitrogens is 4. The largest absolute Gasteiger partial charge is 0.469 e. The van der Waals surface area contributed by atoms with Crippen LogP contribution >= 0.6 is 0 Å². The summed E-state index contributed by atoms with van der Waals surface area (Å²) in [5.41, 5.74) is 0.946. The topological polar surface area (TPSA) is 69.9 Å². The van der Waals surface area contributed by atoms with Gasteiger partial charge in [0.2, 0.25) is 0 Å². The van der Waals surface area contributed by atoms with E-state index in [1.54, 1.807) is 0 Å². The Kier molecular flexibility index (Phi) is 4.18. The maximum Gasteiger partial charge on any atom is 0.305 e. The molecule has 0 bridgehead atoms. The third-order valence-electron chi connectivity index (χ3n) is 3.73. The molecule has 0 N–H and O–H groups in total. The van der Waals surface area contributed by atoms with Gasteiger partial charge in [-0.2, -0.15) is 4.68 Å². The summed E-state index contributed by atoms with van der Waals surface area (Å²) in [5, 5.41) is 4.63. The van der Waals surface area contributed by atoms with Gasteiger partial charge in [0.25, 0.3) is 0 Å². The standard InChI is InChI=1S/C16H20N4O2/c1-11-5-3-6-13(17-11)20-14(7-4-8-15(21)22-2)18-16(19-20)12-9-10-12/h3,5-6,12H,4,7-10H2,1-2H3. The Hall–Kier alpha value is -2.24. The molecule has 2 aromatic heterocycles. The summed E-state index contributed by atoms with van der Waals surface area (Å²) in [6, 6.07) is 5.86. The number of methoxy groups -OCH3 is 1. The zero-order chi connectivity index (χ0) is 15.5. The minimum atomic E-state index is -0.192. The highest BCUT2D eigenvalue weighted by atomic mass is 16.5. The van der Waals surface area contributed by atoms with Gasteiger partial charge in [0, 0.05) is 24.5 Å². The lowest BCUT2D eigenvalue weighted by Gasteiger charge is -2.05. The fourth-order valence-electron chi connectivity index (χ4n) is 2.36. The minimum absolute atomic E-state index is 0.192. The van der Waals surface area contributed by atoms with Crippen LogP contribution < -0.4 is 0 Å². The molecule has 0 radical (unpaired) electrons. The maximum absolute atomic E-state index is 11.2. The number of aryl methyl sites for hydroxylation is 2. The highest BCUT2D eigenvalue weighted by Crippen LogP contribution is 2.38. The van der Waals surface area contributed by atoms with E-state index in [0.717, 1.165) is 36.0 Å². The molecule has 1 fully saturated rings. The van der Waals surface area contributed by atoms with Gasteiger partial charge in [-0.15, -0.1) is 5.10 Å². The Morgan fingerprint density at radius 2 is 2.18 bits per heavy atom. The van der Waals surface area contributed by atoms with Gasteiger partial charge in [-0.25, -0.2) is 9.97 Å². The third-order valence-corrected chi connectivity index (χ3v) is 3.73. The molecule has 1 aliphatic rings. The predicted octanol–water partition coefficient (Wildman–Crippen LogP) is 2.34. The zero-order valence-electron chi connectivity index (χ0n) is 13.0. The predicted molar refractivity (Wildman–Crippen MR) is 80.8 cm³/mol. The molecule has 0 spiro atoms. The van der Waals surface area contributed by atoms with Crippen molar-refractivity contribution in [2.45, 2.75) is 44.9 Å². The van der Waals surface area contributed by atoms with Crippen LogP contribution in [0.1, 0.15) is 48.9 Å². The second-order valence-corrected chi connectivity index (χ2v) is 5.64. The van der Waals surface area contributed by atoms with E-state index in [1.807, 2.05) is 29.8 Å². The molecule has 6 nitrogen and oxygen atoms in total. The van der Waals surface area contributed by atoms with E-state index >= 15 is 0 Å². The summed E-state index contributed by atoms with van der Waals surface area (Å²) in [4.78, 5) is 20.4. The first-order chi connectivity index (χ1) is 10.7. The van der Waals surface area contributed by atoms with Crippen LogP contribution in [-0.2, 0) is 16.0 Å². The van der Waals surface area contributed by atoms with Crippen LogP contribution in [0.4, 0.5) is 0 Å². The lowest BCUT2D eigenvalue weighted by atomic mass is 10.2. The van der Waals surface area contributed by atoms with E-state index in [-0.39, 0.29) is 5.97 Å². The minimum Gasteiger partial charge on any atom is -0.469 e. The van der Waals surface area contributed by atoms with Gasteiger partial charge in [-0.05, 0) is 38.3 Å². The van der Waals surface area contributed by atoms with Crippen molar-refractivity contribution in [3.8, 4) is 5.82 Å². The van der Waals surface area contributed by atoms with Gasteiger partial charge in [0.15, 0.2) is 11.6 Å². The van der Waals surface area contributed by atoms with Crippen LogP contribution in [-0.4, -0.2) is 32.8 Å². The molecule has 0 saturated heterocycles. The molecule has 2 heterocycles. The number of nitrogens with zero attached hydrogens (tertiary/aromatic N) is 4. The number of rotatable bonds is 6. The molecular weight excluding hydrogens is 280 g/mol. The number of carbonyl (C=O) groups is 1. The van der Waals surface area contributed by atoms with Gasteiger partial charge in [0.1, 0.15) is 5.82 Å². The number of pyridine rings is 1. The Bertz CT molecular complexity index is 677. The van der Waals surface area contributed by atoms with Crippen molar-refractivity contribution in [2.75, 3.05) is 7.11 Å². The molecule has 0 aliphatic heterocycles. The summed E-state index contributed by atoms with van der Waals surface area (Å²) in [6.07, 6.45) is 4.09. The van der Waals surface area contributed by atoms with Gasteiger partial charge in [-0.1, -0.05) is 6.07 Å². The Labute approximate surface area is 129 Å². The molecule has 3 rings (SSSR count). The summed E-state index contributed by atoms with van der Waals surface area (Å²) < 4.78 is 6.50. The summed E-state index contributed by atoms with van der Waals surface area (Å²) in [5.74, 6) is 2.85. The van der Waals surface area contributed by atoms with Crippen molar-refractivity contribution in [1.82, 2.24) is 19.7 Å². The van der Waals surface area contributed by atoms with Crippen molar-refractivity contribution < 1.29 is 9.53 Å². The van der Waals surface area contributed by atoms with Crippen molar-refractivity contribution in [3.05, 3.63) is 35.5 Å². The highest BCUT2D eigenvalue weighted by molar-refractivity contribution is 5.69. The smallest absolute Gasteiger partial charge is 0.305 e. The Morgan fingerprint density at radius 1 is 1.36 bits per heavy atom. The molecule has 2 aromatic rings. The lowest BCUT2D eigenvalue weighted by Crippen LogP contribution is -2.07. The third kappa shape index (κ3) is 3.32. The molecule has 1 aliphatic carbocycles. The van der Waals surface area contributed by atoms with E-state index in [2.05, 4.69) is 19.8 Å². The SMILES string of the molecule is COC(=O)CCCc1nc(C2CC2)nn1-c1cccc(C)n1. The van der Waals surface area contributed by atoms with Crippen molar-refractivity contribution in [1.29, 1.82) is 0 Å². The van der Waals surface area contributed by atoms with Gasteiger partial charge in [0.05, 0.1) is 7.11 Å². The molecule has 22 heavy (non-hydrogen) atoms. The normalized spacial score (nSPS) is 14.1. The second kappa shape index (κ2) is 6.25. The van der Waals surface area contributed by atoms with Crippen molar-refractivity contribution >= 4 is 5.97 Å². The van der Waals surface area contributed by atoms with E-state index in [4.69, 9.17) is 0 Å². The lowest BCUT2D eigenvalue weighted by molar-refractivity contribution is -0.140. The molecule has 1 saturated carbocycles. The van der Waals surface area contributed by atoms with Crippen LogP contribution in [0.3, 0.4) is 0 Å². The monoisotopic (exact) mass is 300 g/mol. The summed E-state index contributed by atoms with van der Waals surface area (Å²) in [7, 11) is 1.41. The van der Waals surface area contributed by atoms with E-state index in [9.17, 15) is 4.79 Å². The van der Waals surface area contributed by atoms with Crippen LogP contribution in [0.2, 0.25) is 0 Å². The molecule has 0 aromatic carbocycles. The van der Waals surface area contributed by atoms with E-state index < -0.39 is 0 Å². The average Bonchev–Trinajstić information content (AvgIpc) is 3.28. The van der Waals surface area contributed by atoms with Crippen molar-refractivity contribution in [3.63, 3.8) is 0 Å². The summed E-state index contributed by atoms with van der Waals surface area (Å²) in [6.45, 7) is 1.96. The van der Waals surface area contributed by atoms with Gasteiger partial charge >= 0.3 is 5.97 Å². The molecular formula is C16H20N4O2. The average molecular weight is 300 g/mol. The fourth-order valence-corrected chi connectivity index (χ4v) is 2.36. The quantitative estimate of drug-likeness (QED) is 0.766. The maximum atomic E-state index is 11.2. The highest BCUT2D eigenvalue weighted by Gasteiger charge is 2.29. The van der Waals surface area contributed by atoms with E-state index in [0.29, 0.717) is 25.2 Å². The molecule has 116 valence electrons. The second-order valence-electron chi connectivity index (χ2n) is 5.64. The van der Waals surface area contributed by atoms with Gasteiger partial charge in [-0.3, -0.25) is 4.79 Å². The van der Waals surface area contributed by atoms with Crippen LogP contribution in [0.25, 0.3) is 5.82 Å². The van der Waals surface area contributed by atoms with Crippen LogP contribution in [0.5, 0.6) is 0 Å². The zero-order valence-corrected chi connectivity index (χ0v) is 13.0. The van der Waals surface area contributed by atoms with Gasteiger partial charge < -0.3 is 4.74 Å². The van der Waals surface area contributed by atoms with Crippen molar-refractivity contribution in [2.24, 2.45) is 0 Å². The molecule has 0 unspecified atom stereocenters. The number of carbonyl (C=O) groups excluding carboxylic acids is 1. The fraction of sp³-hybridized carbons (Fsp3) is 0.500. The first-order valence-electron chi connectivity index (χ1n) is 7.64. The van der Waals surface area contributed by atoms with Crippen LogP contribution in [0, 0.1) is 6.92 Å². The first kappa shape index (κ1) is 14.7. The molecule has 6 heteroatoms.